The number of rotatable bonds is 2. The first kappa shape index (κ1) is 13.9. The number of fused-ring (bicyclic) bond motifs is 1. The third kappa shape index (κ3) is 2.84. The molecule has 1 amide bonds. The fourth-order valence-corrected chi connectivity index (χ4v) is 2.33. The summed E-state index contributed by atoms with van der Waals surface area (Å²) in [6, 6.07) is 8.04. The molecule has 2 aromatic carbocycles. The minimum Gasteiger partial charge on any atom is -0.481 e. The standard InChI is InChI=1S/C14H10Cl2N2O3/c15-7-1-2-11(8(16)3-7)21-12-5-10-13(4-9(12)17)20-6-14(19)18-10/h1-5H,6,17H2,(H,18,19). The zero-order chi connectivity index (χ0) is 15.0. The Labute approximate surface area is 130 Å². The van der Waals surface area contributed by atoms with Crippen LogP contribution < -0.4 is 20.5 Å². The van der Waals surface area contributed by atoms with Gasteiger partial charge in [0, 0.05) is 17.2 Å². The van der Waals surface area contributed by atoms with E-state index >= 15 is 0 Å². The molecule has 0 spiro atoms. The molecule has 2 aromatic rings. The zero-order valence-corrected chi connectivity index (χ0v) is 12.2. The highest BCUT2D eigenvalue weighted by molar-refractivity contribution is 6.35. The minimum absolute atomic E-state index is 0.0321. The molecule has 3 N–H and O–H groups in total. The number of carbonyl (C=O) groups excluding carboxylic acids is 1. The zero-order valence-electron chi connectivity index (χ0n) is 10.7. The smallest absolute Gasteiger partial charge is 0.262 e. The van der Waals surface area contributed by atoms with E-state index in [-0.39, 0.29) is 12.5 Å². The molecule has 0 radical (unpaired) electrons. The lowest BCUT2D eigenvalue weighted by Gasteiger charge is -2.20. The number of nitrogens with two attached hydrogens (primary N) is 1. The Hall–Kier alpha value is -2.11. The SMILES string of the molecule is Nc1cc2c(cc1Oc1ccc(Cl)cc1Cl)NC(=O)CO2. The van der Waals surface area contributed by atoms with Crippen LogP contribution in [0.1, 0.15) is 0 Å². The van der Waals surface area contributed by atoms with Gasteiger partial charge >= 0.3 is 0 Å². The summed E-state index contributed by atoms with van der Waals surface area (Å²) < 4.78 is 10.9. The molecule has 3 rings (SSSR count). The predicted octanol–water partition coefficient (Wildman–Crippen LogP) is 3.70. The lowest BCUT2D eigenvalue weighted by atomic mass is 10.2. The van der Waals surface area contributed by atoms with Gasteiger partial charge in [-0.3, -0.25) is 4.79 Å². The minimum atomic E-state index is -0.234. The van der Waals surface area contributed by atoms with Gasteiger partial charge in [0.25, 0.3) is 5.91 Å². The van der Waals surface area contributed by atoms with E-state index in [1.807, 2.05) is 0 Å². The normalized spacial score (nSPS) is 13.1. The molecule has 1 aliphatic rings. The monoisotopic (exact) mass is 324 g/mol. The molecular weight excluding hydrogens is 315 g/mol. The maximum atomic E-state index is 11.3. The van der Waals surface area contributed by atoms with Crippen molar-refractivity contribution in [1.29, 1.82) is 0 Å². The van der Waals surface area contributed by atoms with E-state index in [4.69, 9.17) is 38.4 Å². The van der Waals surface area contributed by atoms with Crippen LogP contribution in [0.25, 0.3) is 0 Å². The van der Waals surface area contributed by atoms with Crippen LogP contribution in [0, 0.1) is 0 Å². The van der Waals surface area contributed by atoms with Crippen molar-refractivity contribution in [3.63, 3.8) is 0 Å². The van der Waals surface area contributed by atoms with E-state index in [1.54, 1.807) is 30.3 Å². The first-order valence-electron chi connectivity index (χ1n) is 6.02. The first-order valence-corrected chi connectivity index (χ1v) is 6.77. The van der Waals surface area contributed by atoms with Crippen molar-refractivity contribution in [1.82, 2.24) is 0 Å². The van der Waals surface area contributed by atoms with Crippen LogP contribution in [0.3, 0.4) is 0 Å². The third-order valence-corrected chi connectivity index (χ3v) is 3.39. The summed E-state index contributed by atoms with van der Waals surface area (Å²) in [5, 5.41) is 3.55. The Kier molecular flexibility index (Phi) is 3.53. The van der Waals surface area contributed by atoms with Crippen LogP contribution in [0.4, 0.5) is 11.4 Å². The molecule has 0 aromatic heterocycles. The van der Waals surface area contributed by atoms with Gasteiger partial charge in [0.2, 0.25) is 0 Å². The number of anilines is 2. The Bertz CT molecular complexity index is 734. The molecule has 108 valence electrons. The Morgan fingerprint density at radius 3 is 2.76 bits per heavy atom. The topological polar surface area (TPSA) is 73.6 Å². The number of hydrogen-bond acceptors (Lipinski definition) is 4. The maximum Gasteiger partial charge on any atom is 0.262 e. The number of ether oxygens (including phenoxy) is 2. The summed E-state index contributed by atoms with van der Waals surface area (Å²) in [5.41, 5.74) is 6.79. The van der Waals surface area contributed by atoms with Crippen molar-refractivity contribution in [2.75, 3.05) is 17.7 Å². The highest BCUT2D eigenvalue weighted by atomic mass is 35.5. The predicted molar refractivity (Wildman–Crippen MR) is 81.5 cm³/mol. The molecule has 0 saturated carbocycles. The molecule has 0 unspecified atom stereocenters. The molecule has 5 nitrogen and oxygen atoms in total. The molecule has 0 atom stereocenters. The number of halogens is 2. The van der Waals surface area contributed by atoms with Gasteiger partial charge in [0.15, 0.2) is 12.4 Å². The van der Waals surface area contributed by atoms with E-state index in [0.29, 0.717) is 38.7 Å². The van der Waals surface area contributed by atoms with Crippen molar-refractivity contribution in [3.05, 3.63) is 40.4 Å². The summed E-state index contributed by atoms with van der Waals surface area (Å²) >= 11 is 11.9. The molecule has 0 aliphatic carbocycles. The second-order valence-corrected chi connectivity index (χ2v) is 5.24. The lowest BCUT2D eigenvalue weighted by Crippen LogP contribution is -2.25. The number of hydrogen-bond donors (Lipinski definition) is 2. The van der Waals surface area contributed by atoms with Crippen LogP contribution in [0.15, 0.2) is 30.3 Å². The van der Waals surface area contributed by atoms with Crippen LogP contribution in [-0.4, -0.2) is 12.5 Å². The Morgan fingerprint density at radius 2 is 2.00 bits per heavy atom. The number of amides is 1. The summed E-state index contributed by atoms with van der Waals surface area (Å²) in [6.45, 7) is -0.0321. The highest BCUT2D eigenvalue weighted by Gasteiger charge is 2.19. The van der Waals surface area contributed by atoms with Gasteiger partial charge in [-0.05, 0) is 18.2 Å². The van der Waals surface area contributed by atoms with Gasteiger partial charge in [-0.25, -0.2) is 0 Å². The van der Waals surface area contributed by atoms with Crippen molar-refractivity contribution >= 4 is 40.5 Å². The number of carbonyl (C=O) groups is 1. The highest BCUT2D eigenvalue weighted by Crippen LogP contribution is 2.40. The van der Waals surface area contributed by atoms with E-state index < -0.39 is 0 Å². The summed E-state index contributed by atoms with van der Waals surface area (Å²) in [4.78, 5) is 11.3. The van der Waals surface area contributed by atoms with Gasteiger partial charge in [-0.1, -0.05) is 23.2 Å². The molecule has 7 heteroatoms. The number of benzene rings is 2. The second-order valence-electron chi connectivity index (χ2n) is 4.40. The number of nitrogens with one attached hydrogen (secondary N) is 1. The van der Waals surface area contributed by atoms with Gasteiger partial charge in [0.1, 0.15) is 11.5 Å². The number of nitrogen functional groups attached to an aromatic ring is 1. The largest absolute Gasteiger partial charge is 0.481 e. The summed E-state index contributed by atoms with van der Waals surface area (Å²) in [7, 11) is 0. The Morgan fingerprint density at radius 1 is 1.19 bits per heavy atom. The second kappa shape index (κ2) is 5.35. The molecule has 0 fully saturated rings. The van der Waals surface area contributed by atoms with E-state index in [1.165, 1.54) is 0 Å². The third-order valence-electron chi connectivity index (χ3n) is 2.86. The van der Waals surface area contributed by atoms with E-state index in [0.717, 1.165) is 0 Å². The summed E-state index contributed by atoms with van der Waals surface area (Å²) in [6.07, 6.45) is 0. The van der Waals surface area contributed by atoms with Crippen LogP contribution in [0.5, 0.6) is 17.2 Å². The van der Waals surface area contributed by atoms with Gasteiger partial charge < -0.3 is 20.5 Å². The molecule has 0 saturated heterocycles. The quantitative estimate of drug-likeness (QED) is 0.826. The van der Waals surface area contributed by atoms with Gasteiger partial charge in [-0.15, -0.1) is 0 Å². The average Bonchev–Trinajstić information content (AvgIpc) is 2.43. The van der Waals surface area contributed by atoms with Crippen molar-refractivity contribution in [2.45, 2.75) is 0 Å². The van der Waals surface area contributed by atoms with Crippen molar-refractivity contribution in [2.24, 2.45) is 0 Å². The molecule has 0 bridgehead atoms. The fourth-order valence-electron chi connectivity index (χ4n) is 1.89. The Balaban J connectivity index is 1.95. The average molecular weight is 325 g/mol. The molecular formula is C14H10Cl2N2O3. The molecule has 21 heavy (non-hydrogen) atoms. The molecule has 1 aliphatic heterocycles. The van der Waals surface area contributed by atoms with E-state index in [2.05, 4.69) is 5.32 Å². The molecule has 1 heterocycles. The van der Waals surface area contributed by atoms with Crippen molar-refractivity contribution in [3.8, 4) is 17.2 Å². The van der Waals surface area contributed by atoms with Crippen LogP contribution in [-0.2, 0) is 4.79 Å². The van der Waals surface area contributed by atoms with E-state index in [9.17, 15) is 4.79 Å². The fraction of sp³-hybridized carbons (Fsp3) is 0.0714. The van der Waals surface area contributed by atoms with Crippen molar-refractivity contribution < 1.29 is 14.3 Å². The van der Waals surface area contributed by atoms with Crippen LogP contribution >= 0.6 is 23.2 Å². The first-order chi connectivity index (χ1) is 10.0. The lowest BCUT2D eigenvalue weighted by molar-refractivity contribution is -0.118. The summed E-state index contributed by atoms with van der Waals surface area (Å²) in [5.74, 6) is 1.05. The van der Waals surface area contributed by atoms with Gasteiger partial charge in [0.05, 0.1) is 16.4 Å². The maximum absolute atomic E-state index is 11.3. The van der Waals surface area contributed by atoms with Gasteiger partial charge in [-0.2, -0.15) is 0 Å². The van der Waals surface area contributed by atoms with Crippen LogP contribution in [0.2, 0.25) is 10.0 Å².